The SMILES string of the molecule is CC1(c2c[nH]c3c(CS(C)(=O)=O)cccc23)CCOc2cc(F)cc(F)c21. The van der Waals surface area contributed by atoms with Crippen LogP contribution in [0.1, 0.15) is 30.0 Å². The number of para-hydroxylation sites is 1. The zero-order valence-electron chi connectivity index (χ0n) is 15.0. The Balaban J connectivity index is 1.93. The molecule has 0 aliphatic carbocycles. The molecule has 2 aromatic carbocycles. The maximum atomic E-state index is 14.7. The molecule has 0 saturated carbocycles. The fourth-order valence-corrected chi connectivity index (χ4v) is 4.84. The Hall–Kier alpha value is -2.41. The monoisotopic (exact) mass is 391 g/mol. The second-order valence-corrected chi connectivity index (χ2v) is 9.44. The molecule has 27 heavy (non-hydrogen) atoms. The number of fused-ring (bicyclic) bond motifs is 2. The zero-order chi connectivity index (χ0) is 19.4. The summed E-state index contributed by atoms with van der Waals surface area (Å²) < 4.78 is 57.3. The van der Waals surface area contributed by atoms with E-state index in [0.717, 1.165) is 22.5 Å². The molecule has 1 aliphatic heterocycles. The van der Waals surface area contributed by atoms with Gasteiger partial charge < -0.3 is 9.72 Å². The van der Waals surface area contributed by atoms with Gasteiger partial charge in [-0.05, 0) is 17.5 Å². The van der Waals surface area contributed by atoms with Gasteiger partial charge >= 0.3 is 0 Å². The van der Waals surface area contributed by atoms with Gasteiger partial charge in [0.1, 0.15) is 17.4 Å². The van der Waals surface area contributed by atoms with Crippen LogP contribution >= 0.6 is 0 Å². The van der Waals surface area contributed by atoms with E-state index in [1.165, 1.54) is 12.3 Å². The number of hydrogen-bond acceptors (Lipinski definition) is 3. The Morgan fingerprint density at radius 2 is 2.04 bits per heavy atom. The van der Waals surface area contributed by atoms with Crippen LogP contribution in [0.3, 0.4) is 0 Å². The van der Waals surface area contributed by atoms with Gasteiger partial charge in [0.05, 0.1) is 12.4 Å². The third kappa shape index (κ3) is 3.00. The van der Waals surface area contributed by atoms with Crippen molar-refractivity contribution in [2.75, 3.05) is 12.9 Å². The summed E-state index contributed by atoms with van der Waals surface area (Å²) in [6.45, 7) is 2.24. The highest BCUT2D eigenvalue weighted by atomic mass is 32.2. The summed E-state index contributed by atoms with van der Waals surface area (Å²) in [5.74, 6) is -1.19. The summed E-state index contributed by atoms with van der Waals surface area (Å²) in [6, 6.07) is 7.52. The van der Waals surface area contributed by atoms with Crippen molar-refractivity contribution in [3.8, 4) is 5.75 Å². The molecule has 1 aromatic heterocycles. The smallest absolute Gasteiger partial charge is 0.151 e. The molecule has 0 spiro atoms. The normalized spacial score (nSPS) is 19.7. The molecule has 142 valence electrons. The topological polar surface area (TPSA) is 59.2 Å². The van der Waals surface area contributed by atoms with Crippen molar-refractivity contribution in [3.05, 3.63) is 64.9 Å². The largest absolute Gasteiger partial charge is 0.493 e. The van der Waals surface area contributed by atoms with E-state index in [2.05, 4.69) is 4.98 Å². The first-order valence-corrected chi connectivity index (χ1v) is 10.6. The van der Waals surface area contributed by atoms with Crippen molar-refractivity contribution in [1.29, 1.82) is 0 Å². The first-order chi connectivity index (χ1) is 12.7. The molecule has 3 aromatic rings. The number of benzene rings is 2. The van der Waals surface area contributed by atoms with Crippen molar-refractivity contribution >= 4 is 20.7 Å². The molecular formula is C20H19F2NO3S. The number of aromatic amines is 1. The lowest BCUT2D eigenvalue weighted by molar-refractivity contribution is 0.236. The van der Waals surface area contributed by atoms with Crippen LogP contribution in [-0.4, -0.2) is 26.3 Å². The first kappa shape index (κ1) is 18.0. The molecule has 1 aliphatic rings. The van der Waals surface area contributed by atoms with Crippen LogP contribution in [0.15, 0.2) is 36.5 Å². The molecule has 4 rings (SSSR count). The van der Waals surface area contributed by atoms with Gasteiger partial charge in [-0.15, -0.1) is 0 Å². The second-order valence-electron chi connectivity index (χ2n) is 7.30. The molecule has 0 radical (unpaired) electrons. The first-order valence-electron chi connectivity index (χ1n) is 8.58. The fourth-order valence-electron chi connectivity index (χ4n) is 4.04. The Kier molecular flexibility index (Phi) is 4.03. The fraction of sp³-hybridized carbons (Fsp3) is 0.300. The Morgan fingerprint density at radius 3 is 2.78 bits per heavy atom. The van der Waals surface area contributed by atoms with Gasteiger partial charge in [0, 0.05) is 46.5 Å². The Labute approximate surface area is 156 Å². The van der Waals surface area contributed by atoms with Crippen LogP contribution in [0.5, 0.6) is 5.75 Å². The van der Waals surface area contributed by atoms with Crippen molar-refractivity contribution in [3.63, 3.8) is 0 Å². The van der Waals surface area contributed by atoms with Gasteiger partial charge in [0.15, 0.2) is 9.84 Å². The van der Waals surface area contributed by atoms with Crippen molar-refractivity contribution < 1.29 is 21.9 Å². The van der Waals surface area contributed by atoms with E-state index in [0.29, 0.717) is 24.2 Å². The lowest BCUT2D eigenvalue weighted by Gasteiger charge is -2.36. The van der Waals surface area contributed by atoms with Crippen LogP contribution in [-0.2, 0) is 21.0 Å². The summed E-state index contributed by atoms with van der Waals surface area (Å²) >= 11 is 0. The Morgan fingerprint density at radius 1 is 1.26 bits per heavy atom. The van der Waals surface area contributed by atoms with E-state index >= 15 is 0 Å². The third-order valence-electron chi connectivity index (χ3n) is 5.24. The van der Waals surface area contributed by atoms with Gasteiger partial charge in [0.25, 0.3) is 0 Å². The summed E-state index contributed by atoms with van der Waals surface area (Å²) in [5.41, 5.74) is 1.81. The number of ether oxygens (including phenoxy) is 1. The highest BCUT2D eigenvalue weighted by molar-refractivity contribution is 7.89. The number of hydrogen-bond donors (Lipinski definition) is 1. The van der Waals surface area contributed by atoms with Crippen LogP contribution in [0.4, 0.5) is 8.78 Å². The predicted octanol–water partition coefficient (Wildman–Crippen LogP) is 4.08. The third-order valence-corrected chi connectivity index (χ3v) is 6.08. The highest BCUT2D eigenvalue weighted by Crippen LogP contribution is 2.47. The van der Waals surface area contributed by atoms with Crippen LogP contribution < -0.4 is 4.74 Å². The maximum Gasteiger partial charge on any atom is 0.151 e. The molecule has 0 amide bonds. The zero-order valence-corrected chi connectivity index (χ0v) is 15.8. The number of rotatable bonds is 3. The van der Waals surface area contributed by atoms with E-state index in [1.807, 2.05) is 13.0 Å². The van der Waals surface area contributed by atoms with Crippen LogP contribution in [0.2, 0.25) is 0 Å². The van der Waals surface area contributed by atoms with Crippen LogP contribution in [0.25, 0.3) is 10.9 Å². The van der Waals surface area contributed by atoms with E-state index in [-0.39, 0.29) is 11.5 Å². The van der Waals surface area contributed by atoms with Crippen molar-refractivity contribution in [2.45, 2.75) is 24.5 Å². The summed E-state index contributed by atoms with van der Waals surface area (Å²) in [4.78, 5) is 3.16. The van der Waals surface area contributed by atoms with Gasteiger partial charge in [-0.1, -0.05) is 25.1 Å². The predicted molar refractivity (Wildman–Crippen MR) is 99.8 cm³/mol. The molecule has 0 saturated heterocycles. The number of halogens is 2. The standard InChI is InChI=1S/C20H19F2NO3S/c1-20(6-7-26-17-9-13(21)8-16(22)18(17)20)15-10-23-19-12(11-27(2,24)25)4-3-5-14(15)19/h3-5,8-10,23H,6-7,11H2,1-2H3. The molecular weight excluding hydrogens is 372 g/mol. The average Bonchev–Trinajstić information content (AvgIpc) is 2.98. The maximum absolute atomic E-state index is 14.7. The van der Waals surface area contributed by atoms with Crippen molar-refractivity contribution in [1.82, 2.24) is 4.98 Å². The molecule has 1 unspecified atom stereocenters. The number of nitrogens with one attached hydrogen (secondary N) is 1. The van der Waals surface area contributed by atoms with Gasteiger partial charge in [-0.2, -0.15) is 0 Å². The van der Waals surface area contributed by atoms with Gasteiger partial charge in [-0.25, -0.2) is 17.2 Å². The lowest BCUT2D eigenvalue weighted by Crippen LogP contribution is -2.32. The second kappa shape index (κ2) is 6.05. The number of aromatic nitrogens is 1. The van der Waals surface area contributed by atoms with E-state index in [9.17, 15) is 17.2 Å². The molecule has 2 heterocycles. The lowest BCUT2D eigenvalue weighted by atomic mass is 9.72. The minimum Gasteiger partial charge on any atom is -0.493 e. The van der Waals surface area contributed by atoms with Gasteiger partial charge in [0.2, 0.25) is 0 Å². The molecule has 1 N–H and O–H groups in total. The molecule has 0 bridgehead atoms. The highest BCUT2D eigenvalue weighted by Gasteiger charge is 2.39. The molecule has 4 nitrogen and oxygen atoms in total. The van der Waals surface area contributed by atoms with E-state index in [4.69, 9.17) is 4.74 Å². The minimum atomic E-state index is -3.20. The van der Waals surface area contributed by atoms with Gasteiger partial charge in [-0.3, -0.25) is 0 Å². The molecule has 7 heteroatoms. The molecule has 1 atom stereocenters. The summed E-state index contributed by atoms with van der Waals surface area (Å²) in [6.07, 6.45) is 3.50. The quantitative estimate of drug-likeness (QED) is 0.732. The number of H-pyrrole nitrogens is 1. The summed E-state index contributed by atoms with van der Waals surface area (Å²) in [5, 5.41) is 0.829. The summed E-state index contributed by atoms with van der Waals surface area (Å²) in [7, 11) is -3.20. The van der Waals surface area contributed by atoms with E-state index < -0.39 is 26.9 Å². The van der Waals surface area contributed by atoms with Crippen LogP contribution in [0, 0.1) is 11.6 Å². The minimum absolute atomic E-state index is 0.0831. The Bertz CT molecular complexity index is 1150. The average molecular weight is 391 g/mol. The van der Waals surface area contributed by atoms with E-state index in [1.54, 1.807) is 18.3 Å². The molecule has 0 fully saturated rings. The number of sulfone groups is 1. The van der Waals surface area contributed by atoms with Crippen molar-refractivity contribution in [2.24, 2.45) is 0 Å².